The summed E-state index contributed by atoms with van der Waals surface area (Å²) in [7, 11) is 0. The molecule has 0 aliphatic heterocycles. The van der Waals surface area contributed by atoms with E-state index in [9.17, 15) is 5.11 Å². The largest absolute Gasteiger partial charge is 0.419 e. The number of rotatable bonds is 7. The maximum absolute atomic E-state index is 10.2. The summed E-state index contributed by atoms with van der Waals surface area (Å²) >= 11 is 3.46. The first-order valence-corrected chi connectivity index (χ1v) is 7.87. The lowest BCUT2D eigenvalue weighted by Crippen LogP contribution is -2.39. The molecule has 1 aromatic heterocycles. The molecule has 1 aromatic carbocycles. The van der Waals surface area contributed by atoms with Gasteiger partial charge in [-0.05, 0) is 40.9 Å². The van der Waals surface area contributed by atoms with Crippen molar-refractivity contribution in [3.05, 3.63) is 34.6 Å². The van der Waals surface area contributed by atoms with Crippen LogP contribution in [0.3, 0.4) is 0 Å². The van der Waals surface area contributed by atoms with Crippen molar-refractivity contribution in [3.8, 4) is 11.5 Å². The van der Waals surface area contributed by atoms with Crippen molar-refractivity contribution in [2.45, 2.75) is 38.8 Å². The van der Waals surface area contributed by atoms with Crippen LogP contribution in [0.25, 0.3) is 11.5 Å². The molecule has 5 nitrogen and oxygen atoms in total. The lowest BCUT2D eigenvalue weighted by Gasteiger charge is -2.25. The molecular weight excluding hydrogens is 334 g/mol. The molecule has 21 heavy (non-hydrogen) atoms. The van der Waals surface area contributed by atoms with E-state index in [0.29, 0.717) is 37.7 Å². The number of aliphatic hydroxyl groups is 1. The summed E-state index contributed by atoms with van der Waals surface area (Å²) in [6, 6.07) is 7.70. The van der Waals surface area contributed by atoms with E-state index in [1.165, 1.54) is 0 Å². The van der Waals surface area contributed by atoms with Crippen LogP contribution in [0.5, 0.6) is 0 Å². The Morgan fingerprint density at radius 3 is 2.62 bits per heavy atom. The number of nitrogens with zero attached hydrogens (tertiary/aromatic N) is 2. The fourth-order valence-electron chi connectivity index (χ4n) is 1.97. The van der Waals surface area contributed by atoms with Crippen LogP contribution in [0.2, 0.25) is 0 Å². The number of nitrogens with one attached hydrogen (secondary N) is 1. The highest BCUT2D eigenvalue weighted by molar-refractivity contribution is 9.10. The molecule has 2 N–H and O–H groups in total. The van der Waals surface area contributed by atoms with Crippen molar-refractivity contribution in [2.24, 2.45) is 0 Å². The molecule has 0 aliphatic rings. The fourth-order valence-corrected chi connectivity index (χ4v) is 2.43. The van der Waals surface area contributed by atoms with Gasteiger partial charge < -0.3 is 14.8 Å². The minimum atomic E-state index is -0.675. The van der Waals surface area contributed by atoms with E-state index in [2.05, 4.69) is 31.4 Å². The molecule has 0 saturated heterocycles. The fraction of sp³-hybridized carbons (Fsp3) is 0.467. The van der Waals surface area contributed by atoms with Crippen molar-refractivity contribution < 1.29 is 9.52 Å². The van der Waals surface area contributed by atoms with Crippen LogP contribution in [-0.4, -0.2) is 27.4 Å². The van der Waals surface area contributed by atoms with Crippen LogP contribution in [0, 0.1) is 0 Å². The highest BCUT2D eigenvalue weighted by atomic mass is 79.9. The van der Waals surface area contributed by atoms with Gasteiger partial charge in [0.05, 0.1) is 17.7 Å². The predicted octanol–water partition coefficient (Wildman–Crippen LogP) is 3.14. The molecular formula is C15H20BrN3O2. The summed E-state index contributed by atoms with van der Waals surface area (Å²) < 4.78 is 6.55. The van der Waals surface area contributed by atoms with Crippen LogP contribution in [-0.2, 0) is 6.54 Å². The van der Waals surface area contributed by atoms with Gasteiger partial charge in [0.15, 0.2) is 0 Å². The zero-order valence-electron chi connectivity index (χ0n) is 12.3. The summed E-state index contributed by atoms with van der Waals surface area (Å²) in [5.41, 5.74) is 0.195. The van der Waals surface area contributed by atoms with Crippen LogP contribution < -0.4 is 5.32 Å². The number of hydrogen-bond acceptors (Lipinski definition) is 5. The molecule has 0 aliphatic carbocycles. The molecule has 2 aromatic rings. The monoisotopic (exact) mass is 353 g/mol. The van der Waals surface area contributed by atoms with Crippen LogP contribution >= 0.6 is 15.9 Å². The van der Waals surface area contributed by atoms with E-state index >= 15 is 0 Å². The Labute approximate surface area is 132 Å². The van der Waals surface area contributed by atoms with Gasteiger partial charge in [0.25, 0.3) is 0 Å². The molecule has 0 bridgehead atoms. The van der Waals surface area contributed by atoms with E-state index in [0.717, 1.165) is 10.0 Å². The molecule has 1 heterocycles. The Morgan fingerprint density at radius 2 is 1.95 bits per heavy atom. The lowest BCUT2D eigenvalue weighted by molar-refractivity contribution is 0.0318. The zero-order valence-corrected chi connectivity index (χ0v) is 13.9. The van der Waals surface area contributed by atoms with Gasteiger partial charge >= 0.3 is 0 Å². The SMILES string of the molecule is CCC(O)(CC)CNCc1nnc(-c2ccccc2Br)o1. The van der Waals surface area contributed by atoms with Gasteiger partial charge in [-0.1, -0.05) is 26.0 Å². The number of halogens is 1. The van der Waals surface area contributed by atoms with Gasteiger partial charge in [-0.15, -0.1) is 10.2 Å². The van der Waals surface area contributed by atoms with Crippen molar-refractivity contribution in [1.82, 2.24) is 15.5 Å². The van der Waals surface area contributed by atoms with Gasteiger partial charge in [0, 0.05) is 11.0 Å². The second-order valence-corrected chi connectivity index (χ2v) is 5.87. The molecule has 0 atom stereocenters. The molecule has 0 fully saturated rings. The third-order valence-corrected chi connectivity index (χ3v) is 4.31. The smallest absolute Gasteiger partial charge is 0.248 e. The lowest BCUT2D eigenvalue weighted by atomic mass is 9.98. The van der Waals surface area contributed by atoms with E-state index in [4.69, 9.17) is 4.42 Å². The van der Waals surface area contributed by atoms with Gasteiger partial charge in [0.2, 0.25) is 11.8 Å². The van der Waals surface area contributed by atoms with Crippen molar-refractivity contribution in [1.29, 1.82) is 0 Å². The Morgan fingerprint density at radius 1 is 1.24 bits per heavy atom. The second-order valence-electron chi connectivity index (χ2n) is 5.02. The van der Waals surface area contributed by atoms with Crippen molar-refractivity contribution in [2.75, 3.05) is 6.54 Å². The first kappa shape index (κ1) is 16.1. The first-order valence-electron chi connectivity index (χ1n) is 7.08. The summed E-state index contributed by atoms with van der Waals surface area (Å²) in [5, 5.41) is 21.4. The summed E-state index contributed by atoms with van der Waals surface area (Å²) in [5.74, 6) is 0.996. The van der Waals surface area contributed by atoms with E-state index in [-0.39, 0.29) is 0 Å². The molecule has 0 radical (unpaired) electrons. The topological polar surface area (TPSA) is 71.2 Å². The molecule has 114 valence electrons. The van der Waals surface area contributed by atoms with Crippen molar-refractivity contribution >= 4 is 15.9 Å². The Bertz CT molecular complexity index is 582. The predicted molar refractivity (Wildman–Crippen MR) is 84.7 cm³/mol. The highest BCUT2D eigenvalue weighted by Crippen LogP contribution is 2.26. The van der Waals surface area contributed by atoms with E-state index < -0.39 is 5.60 Å². The maximum Gasteiger partial charge on any atom is 0.248 e. The molecule has 0 amide bonds. The van der Waals surface area contributed by atoms with E-state index in [1.807, 2.05) is 38.1 Å². The zero-order chi connectivity index (χ0) is 15.3. The molecule has 0 spiro atoms. The highest BCUT2D eigenvalue weighted by Gasteiger charge is 2.21. The normalized spacial score (nSPS) is 11.8. The first-order chi connectivity index (χ1) is 10.1. The maximum atomic E-state index is 10.2. The number of aromatic nitrogens is 2. The third kappa shape index (κ3) is 4.12. The standard InChI is InChI=1S/C15H20BrN3O2/c1-3-15(20,4-2)10-17-9-13-18-19-14(21-13)11-7-5-6-8-12(11)16/h5-8,17,20H,3-4,9-10H2,1-2H3. The quantitative estimate of drug-likeness (QED) is 0.799. The molecule has 2 rings (SSSR count). The number of hydrogen-bond donors (Lipinski definition) is 2. The molecule has 0 unspecified atom stereocenters. The van der Waals surface area contributed by atoms with Gasteiger partial charge in [-0.3, -0.25) is 0 Å². The van der Waals surface area contributed by atoms with Crippen LogP contribution in [0.15, 0.2) is 33.2 Å². The van der Waals surface area contributed by atoms with Gasteiger partial charge in [-0.2, -0.15) is 0 Å². The van der Waals surface area contributed by atoms with Crippen LogP contribution in [0.4, 0.5) is 0 Å². The average Bonchev–Trinajstić information content (AvgIpc) is 2.96. The van der Waals surface area contributed by atoms with Gasteiger partial charge in [-0.25, -0.2) is 0 Å². The van der Waals surface area contributed by atoms with Crippen molar-refractivity contribution in [3.63, 3.8) is 0 Å². The summed E-state index contributed by atoms with van der Waals surface area (Å²) in [4.78, 5) is 0. The number of benzene rings is 1. The molecule has 0 saturated carbocycles. The van der Waals surface area contributed by atoms with E-state index in [1.54, 1.807) is 0 Å². The van der Waals surface area contributed by atoms with Gasteiger partial charge in [0.1, 0.15) is 0 Å². The Hall–Kier alpha value is -1.24. The Kier molecular flexibility index (Phi) is 5.50. The summed E-state index contributed by atoms with van der Waals surface area (Å²) in [6.45, 7) is 4.90. The summed E-state index contributed by atoms with van der Waals surface area (Å²) in [6.07, 6.45) is 1.42. The van der Waals surface area contributed by atoms with Crippen LogP contribution in [0.1, 0.15) is 32.6 Å². The Balaban J connectivity index is 1.97. The second kappa shape index (κ2) is 7.15. The average molecular weight is 354 g/mol. The minimum absolute atomic E-state index is 0.444. The minimum Gasteiger partial charge on any atom is -0.419 e. The third-order valence-electron chi connectivity index (χ3n) is 3.62. The molecule has 6 heteroatoms.